The number of aromatic nitrogens is 2. The van der Waals surface area contributed by atoms with Crippen molar-refractivity contribution in [3.05, 3.63) is 29.2 Å². The van der Waals surface area contributed by atoms with E-state index in [0.717, 1.165) is 16.3 Å². The largest absolute Gasteiger partial charge is 0.481 e. The summed E-state index contributed by atoms with van der Waals surface area (Å²) in [4.78, 5) is 8.32. The van der Waals surface area contributed by atoms with Crippen LogP contribution in [0.5, 0.6) is 5.88 Å². The Hall–Kier alpha value is -1.43. The zero-order chi connectivity index (χ0) is 14.0. The van der Waals surface area contributed by atoms with Crippen molar-refractivity contribution < 1.29 is 9.47 Å². The third-order valence-corrected chi connectivity index (χ3v) is 3.16. The molecule has 2 rings (SSSR count). The molecule has 102 valence electrons. The monoisotopic (exact) mass is 281 g/mol. The maximum Gasteiger partial charge on any atom is 0.222 e. The van der Waals surface area contributed by atoms with Crippen molar-refractivity contribution in [2.24, 2.45) is 5.73 Å². The lowest BCUT2D eigenvalue weighted by Gasteiger charge is -2.25. The van der Waals surface area contributed by atoms with E-state index in [4.69, 9.17) is 26.8 Å². The molecule has 0 saturated carbocycles. The Labute approximate surface area is 116 Å². The van der Waals surface area contributed by atoms with E-state index in [1.54, 1.807) is 32.7 Å². The smallest absolute Gasteiger partial charge is 0.222 e. The second kappa shape index (κ2) is 5.28. The molecule has 0 fully saturated rings. The Bertz CT molecular complexity index is 602. The molecule has 6 heteroatoms. The van der Waals surface area contributed by atoms with Gasteiger partial charge in [-0.1, -0.05) is 11.6 Å². The minimum absolute atomic E-state index is 0.371. The standard InChI is InChI=1S/C13H16ClN3O2/c1-13(15,7-18-2)10-6-17-12(19-3)9-5-16-11(14)4-8(9)10/h4-6H,7,15H2,1-3H3. The lowest BCUT2D eigenvalue weighted by molar-refractivity contribution is 0.141. The summed E-state index contributed by atoms with van der Waals surface area (Å²) in [5.74, 6) is 0.496. The lowest BCUT2D eigenvalue weighted by Crippen LogP contribution is -2.38. The second-order valence-corrected chi connectivity index (χ2v) is 4.97. The molecular formula is C13H16ClN3O2. The first-order valence-corrected chi connectivity index (χ1v) is 6.14. The van der Waals surface area contributed by atoms with E-state index < -0.39 is 5.54 Å². The maximum atomic E-state index is 6.29. The summed E-state index contributed by atoms with van der Waals surface area (Å²) in [6.45, 7) is 2.25. The molecule has 0 aliphatic heterocycles. The fourth-order valence-corrected chi connectivity index (χ4v) is 2.24. The van der Waals surface area contributed by atoms with Gasteiger partial charge in [-0.15, -0.1) is 0 Å². The number of nitrogens with two attached hydrogens (primary N) is 1. The lowest BCUT2D eigenvalue weighted by atomic mass is 9.92. The molecule has 0 aromatic carbocycles. The Morgan fingerprint density at radius 1 is 1.26 bits per heavy atom. The van der Waals surface area contributed by atoms with Crippen LogP contribution in [0.2, 0.25) is 5.15 Å². The van der Waals surface area contributed by atoms with E-state index in [1.165, 1.54) is 0 Å². The van der Waals surface area contributed by atoms with Crippen molar-refractivity contribution in [3.8, 4) is 5.88 Å². The van der Waals surface area contributed by atoms with Gasteiger partial charge in [-0.05, 0) is 18.4 Å². The fourth-order valence-electron chi connectivity index (χ4n) is 2.08. The number of hydrogen-bond acceptors (Lipinski definition) is 5. The van der Waals surface area contributed by atoms with Crippen LogP contribution in [0.3, 0.4) is 0 Å². The summed E-state index contributed by atoms with van der Waals surface area (Å²) in [6.07, 6.45) is 3.33. The minimum atomic E-state index is -0.670. The van der Waals surface area contributed by atoms with Crippen LogP contribution in [-0.2, 0) is 10.3 Å². The Balaban J connectivity index is 2.72. The highest BCUT2D eigenvalue weighted by Crippen LogP contribution is 2.32. The van der Waals surface area contributed by atoms with Crippen molar-refractivity contribution in [2.45, 2.75) is 12.5 Å². The highest BCUT2D eigenvalue weighted by molar-refractivity contribution is 6.30. The third-order valence-electron chi connectivity index (χ3n) is 2.95. The molecule has 0 aliphatic carbocycles. The molecule has 0 amide bonds. The topological polar surface area (TPSA) is 70.3 Å². The molecule has 0 radical (unpaired) electrons. The quantitative estimate of drug-likeness (QED) is 0.869. The minimum Gasteiger partial charge on any atom is -0.481 e. The Morgan fingerprint density at radius 2 is 2.00 bits per heavy atom. The molecule has 2 aromatic rings. The van der Waals surface area contributed by atoms with Crippen LogP contribution < -0.4 is 10.5 Å². The number of methoxy groups -OCH3 is 2. The molecule has 19 heavy (non-hydrogen) atoms. The molecule has 0 aliphatic rings. The number of ether oxygens (including phenoxy) is 2. The SMILES string of the molecule is COCC(C)(N)c1cnc(OC)c2cnc(Cl)cc12. The van der Waals surface area contributed by atoms with Gasteiger partial charge in [0.1, 0.15) is 5.15 Å². The van der Waals surface area contributed by atoms with Crippen molar-refractivity contribution >= 4 is 22.4 Å². The van der Waals surface area contributed by atoms with E-state index >= 15 is 0 Å². The van der Waals surface area contributed by atoms with Crippen molar-refractivity contribution in [3.63, 3.8) is 0 Å². The Morgan fingerprint density at radius 3 is 2.63 bits per heavy atom. The molecule has 0 bridgehead atoms. The predicted octanol–water partition coefficient (Wildman–Crippen LogP) is 2.11. The van der Waals surface area contributed by atoms with E-state index in [-0.39, 0.29) is 0 Å². The highest BCUT2D eigenvalue weighted by atomic mass is 35.5. The summed E-state index contributed by atoms with van der Waals surface area (Å²) in [6, 6.07) is 1.76. The second-order valence-electron chi connectivity index (χ2n) is 4.58. The van der Waals surface area contributed by atoms with Gasteiger partial charge in [-0.2, -0.15) is 0 Å². The Kier molecular flexibility index (Phi) is 3.89. The maximum absolute atomic E-state index is 6.29. The van der Waals surface area contributed by atoms with Crippen LogP contribution in [-0.4, -0.2) is 30.8 Å². The summed E-state index contributed by atoms with van der Waals surface area (Å²) >= 11 is 5.97. The van der Waals surface area contributed by atoms with Gasteiger partial charge in [-0.25, -0.2) is 9.97 Å². The van der Waals surface area contributed by atoms with Gasteiger partial charge in [-0.3, -0.25) is 0 Å². The zero-order valence-electron chi connectivity index (χ0n) is 11.1. The van der Waals surface area contributed by atoms with Crippen LogP contribution in [0.25, 0.3) is 10.8 Å². The van der Waals surface area contributed by atoms with Crippen molar-refractivity contribution in [2.75, 3.05) is 20.8 Å². The van der Waals surface area contributed by atoms with Gasteiger partial charge in [0, 0.05) is 25.1 Å². The van der Waals surface area contributed by atoms with Crippen LogP contribution in [0.15, 0.2) is 18.5 Å². The molecule has 1 atom stereocenters. The first-order chi connectivity index (χ1) is 8.99. The van der Waals surface area contributed by atoms with E-state index in [2.05, 4.69) is 9.97 Å². The van der Waals surface area contributed by atoms with E-state index in [0.29, 0.717) is 17.6 Å². The average Bonchev–Trinajstić information content (AvgIpc) is 2.36. The average molecular weight is 282 g/mol. The van der Waals surface area contributed by atoms with Crippen LogP contribution >= 0.6 is 11.6 Å². The zero-order valence-corrected chi connectivity index (χ0v) is 11.9. The molecule has 2 aromatic heterocycles. The molecule has 2 heterocycles. The summed E-state index contributed by atoms with van der Waals surface area (Å²) < 4.78 is 10.4. The molecule has 0 saturated heterocycles. The number of nitrogens with zero attached hydrogens (tertiary/aromatic N) is 2. The van der Waals surface area contributed by atoms with Crippen LogP contribution in [0.1, 0.15) is 12.5 Å². The molecule has 0 spiro atoms. The predicted molar refractivity (Wildman–Crippen MR) is 74.5 cm³/mol. The summed E-state index contributed by atoms with van der Waals surface area (Å²) in [7, 11) is 3.17. The number of pyridine rings is 2. The van der Waals surface area contributed by atoms with Gasteiger partial charge < -0.3 is 15.2 Å². The molecular weight excluding hydrogens is 266 g/mol. The first kappa shape index (κ1) is 14.0. The molecule has 5 nitrogen and oxygen atoms in total. The number of fused-ring (bicyclic) bond motifs is 1. The van der Waals surface area contributed by atoms with E-state index in [9.17, 15) is 0 Å². The van der Waals surface area contributed by atoms with Crippen LogP contribution in [0.4, 0.5) is 0 Å². The number of rotatable bonds is 4. The van der Waals surface area contributed by atoms with Gasteiger partial charge in [0.2, 0.25) is 5.88 Å². The fraction of sp³-hybridized carbons (Fsp3) is 0.385. The van der Waals surface area contributed by atoms with Crippen molar-refractivity contribution in [1.29, 1.82) is 0 Å². The van der Waals surface area contributed by atoms with Crippen LogP contribution in [0, 0.1) is 0 Å². The third kappa shape index (κ3) is 2.63. The van der Waals surface area contributed by atoms with Gasteiger partial charge in [0.05, 0.1) is 24.6 Å². The summed E-state index contributed by atoms with van der Waals surface area (Å²) in [5.41, 5.74) is 6.46. The highest BCUT2D eigenvalue weighted by Gasteiger charge is 2.25. The number of hydrogen-bond donors (Lipinski definition) is 1. The summed E-state index contributed by atoms with van der Waals surface area (Å²) in [5, 5.41) is 2.04. The van der Waals surface area contributed by atoms with E-state index in [1.807, 2.05) is 6.92 Å². The first-order valence-electron chi connectivity index (χ1n) is 5.76. The number of halogens is 1. The van der Waals surface area contributed by atoms with Gasteiger partial charge >= 0.3 is 0 Å². The van der Waals surface area contributed by atoms with Crippen molar-refractivity contribution in [1.82, 2.24) is 9.97 Å². The normalized spacial score (nSPS) is 14.4. The molecule has 1 unspecified atom stereocenters. The van der Waals surface area contributed by atoms with Gasteiger partial charge in [0.25, 0.3) is 0 Å². The van der Waals surface area contributed by atoms with Gasteiger partial charge in [0.15, 0.2) is 0 Å². The molecule has 2 N–H and O–H groups in total.